The minimum atomic E-state index is -3.71. The maximum absolute atomic E-state index is 5.85. The molecule has 294 valence electrons. The second-order valence-electron chi connectivity index (χ2n) is 16.5. The van der Waals surface area contributed by atoms with Gasteiger partial charge in [0.15, 0.2) is 0 Å². The molecule has 4 heterocycles. The number of benzene rings is 9. The number of hydrogen-bond donors (Lipinski definition) is 0. The van der Waals surface area contributed by atoms with Gasteiger partial charge >= 0.3 is 315 Å². The Morgan fingerprint density at radius 1 is 0.381 bits per heavy atom. The Morgan fingerprint density at radius 2 is 0.952 bits per heavy atom. The van der Waals surface area contributed by atoms with Gasteiger partial charge < -0.3 is 0 Å². The van der Waals surface area contributed by atoms with Crippen LogP contribution in [0.5, 0.6) is 0 Å². The summed E-state index contributed by atoms with van der Waals surface area (Å²) in [6.45, 7) is 0. The molecule has 0 amide bonds. The van der Waals surface area contributed by atoms with Crippen molar-refractivity contribution in [2.75, 3.05) is 0 Å². The van der Waals surface area contributed by atoms with E-state index in [4.69, 9.17) is 9.97 Å². The monoisotopic (exact) mass is 864 g/mol. The second kappa shape index (κ2) is 14.1. The zero-order valence-corrected chi connectivity index (χ0v) is 36.3. The molecule has 63 heavy (non-hydrogen) atoms. The summed E-state index contributed by atoms with van der Waals surface area (Å²) in [6, 6.07) is 83.9. The summed E-state index contributed by atoms with van der Waals surface area (Å²) < 4.78 is 10.2. The van der Waals surface area contributed by atoms with E-state index in [0.29, 0.717) is 0 Å². The number of aromatic nitrogens is 4. The molecule has 0 saturated heterocycles. The quantitative estimate of drug-likeness (QED) is 0.156. The molecule has 4 nitrogen and oxygen atoms in total. The standard InChI is InChI=1S/C58H38GeN4/c1-5-20-39(21-6-1)55-54-47-31-13-16-33-49(47)59(41-23-7-2-8-24-41,42-25-9-3-10-26-42)57(54)61-58(60-55)40-22-19-29-44(38-40)62-51-35-18-15-32-48(51)53-52(62)37-36-46-45-30-14-17-34-50(45)63(56(46)53)43-27-11-4-12-28-43/h1-38H. The summed E-state index contributed by atoms with van der Waals surface area (Å²) in [5.74, 6) is 0.733. The molecule has 3 aromatic heterocycles. The molecular formula is C58H38GeN4. The first-order chi connectivity index (χ1) is 31.3. The molecule has 0 unspecified atom stereocenters. The van der Waals surface area contributed by atoms with Crippen molar-refractivity contribution in [1.82, 2.24) is 19.1 Å². The van der Waals surface area contributed by atoms with Crippen LogP contribution in [0.25, 0.3) is 88.8 Å². The molecule has 1 aliphatic rings. The topological polar surface area (TPSA) is 35.6 Å². The first-order valence-electron chi connectivity index (χ1n) is 21.6. The van der Waals surface area contributed by atoms with Crippen LogP contribution in [0.1, 0.15) is 0 Å². The van der Waals surface area contributed by atoms with Gasteiger partial charge in [-0.15, -0.1) is 0 Å². The third-order valence-electron chi connectivity index (χ3n) is 13.2. The third kappa shape index (κ3) is 5.22. The van der Waals surface area contributed by atoms with Gasteiger partial charge in [0.05, 0.1) is 0 Å². The zero-order chi connectivity index (χ0) is 41.5. The minimum absolute atomic E-state index is 0.733. The van der Waals surface area contributed by atoms with Crippen LogP contribution in [0.2, 0.25) is 0 Å². The molecular weight excluding hydrogens is 825 g/mol. The normalized spacial score (nSPS) is 12.9. The Balaban J connectivity index is 1.09. The molecule has 0 spiro atoms. The molecule has 0 N–H and O–H groups in total. The molecule has 0 atom stereocenters. The predicted octanol–water partition coefficient (Wildman–Crippen LogP) is 11.4. The van der Waals surface area contributed by atoms with Crippen molar-refractivity contribution in [2.24, 2.45) is 0 Å². The maximum atomic E-state index is 5.85. The van der Waals surface area contributed by atoms with Crippen LogP contribution in [-0.4, -0.2) is 32.4 Å². The van der Waals surface area contributed by atoms with Crippen molar-refractivity contribution in [3.8, 4) is 45.1 Å². The van der Waals surface area contributed by atoms with Gasteiger partial charge in [-0.3, -0.25) is 0 Å². The van der Waals surface area contributed by atoms with Crippen molar-refractivity contribution in [3.63, 3.8) is 0 Å². The molecule has 0 radical (unpaired) electrons. The summed E-state index contributed by atoms with van der Waals surface area (Å²) in [7, 11) is 0. The van der Waals surface area contributed by atoms with E-state index in [9.17, 15) is 0 Å². The number of fused-ring (bicyclic) bond motifs is 10. The van der Waals surface area contributed by atoms with Gasteiger partial charge in [0.2, 0.25) is 0 Å². The van der Waals surface area contributed by atoms with E-state index in [1.807, 2.05) is 0 Å². The number of rotatable bonds is 6. The molecule has 0 saturated carbocycles. The molecule has 13 rings (SSSR count). The molecule has 5 heteroatoms. The molecule has 9 aromatic carbocycles. The van der Waals surface area contributed by atoms with E-state index in [-0.39, 0.29) is 0 Å². The Hall–Kier alpha value is -7.80. The first kappa shape index (κ1) is 35.9. The van der Waals surface area contributed by atoms with Gasteiger partial charge in [0.1, 0.15) is 0 Å². The van der Waals surface area contributed by atoms with Crippen LogP contribution in [0.3, 0.4) is 0 Å². The van der Waals surface area contributed by atoms with Crippen LogP contribution in [0, 0.1) is 0 Å². The van der Waals surface area contributed by atoms with Gasteiger partial charge in [-0.25, -0.2) is 0 Å². The van der Waals surface area contributed by atoms with Crippen LogP contribution in [0.15, 0.2) is 231 Å². The summed E-state index contributed by atoms with van der Waals surface area (Å²) >= 11 is -3.71. The van der Waals surface area contributed by atoms with Crippen LogP contribution >= 0.6 is 0 Å². The second-order valence-corrected chi connectivity index (χ2v) is 24.2. The Morgan fingerprint density at radius 3 is 1.68 bits per heavy atom. The molecule has 12 aromatic rings. The molecule has 0 bridgehead atoms. The van der Waals surface area contributed by atoms with Crippen molar-refractivity contribution in [3.05, 3.63) is 231 Å². The Labute approximate surface area is 367 Å². The van der Waals surface area contributed by atoms with Crippen LogP contribution in [-0.2, 0) is 0 Å². The van der Waals surface area contributed by atoms with E-state index in [2.05, 4.69) is 240 Å². The Kier molecular flexibility index (Phi) is 8.05. The van der Waals surface area contributed by atoms with Crippen molar-refractivity contribution >= 4 is 74.6 Å². The summed E-state index contributed by atoms with van der Waals surface area (Å²) in [6.07, 6.45) is 0. The summed E-state index contributed by atoms with van der Waals surface area (Å²) in [5, 5.41) is 4.93. The van der Waals surface area contributed by atoms with Crippen molar-refractivity contribution in [2.45, 2.75) is 0 Å². The first-order valence-corrected chi connectivity index (χ1v) is 25.8. The van der Waals surface area contributed by atoms with Crippen LogP contribution < -0.4 is 17.7 Å². The number of hydrogen-bond acceptors (Lipinski definition) is 2. The van der Waals surface area contributed by atoms with E-state index in [0.717, 1.165) is 50.6 Å². The van der Waals surface area contributed by atoms with Crippen LogP contribution in [0.4, 0.5) is 0 Å². The van der Waals surface area contributed by atoms with Crippen molar-refractivity contribution < 1.29 is 0 Å². The number of nitrogens with zero attached hydrogens (tertiary/aromatic N) is 4. The van der Waals surface area contributed by atoms with Gasteiger partial charge in [-0.2, -0.15) is 0 Å². The average Bonchev–Trinajstić information content (AvgIpc) is 3.99. The Bertz CT molecular complexity index is 3690. The molecule has 0 fully saturated rings. The number of para-hydroxylation sites is 3. The van der Waals surface area contributed by atoms with E-state index < -0.39 is 13.3 Å². The summed E-state index contributed by atoms with van der Waals surface area (Å²) in [4.78, 5) is 11.4. The fraction of sp³-hybridized carbons (Fsp3) is 0. The SMILES string of the molecule is c1ccc(-c2nc(-c3cccc(-n4c5ccccc5c5c4ccc4c6ccccc6n(-c6ccccc6)c45)c3)n[c]3c2-c2cccc[c]2[Ge]3([c]2ccccc2)[c]2ccccc2)cc1. The fourth-order valence-electron chi connectivity index (χ4n) is 10.6. The van der Waals surface area contributed by atoms with E-state index >= 15 is 0 Å². The van der Waals surface area contributed by atoms with Gasteiger partial charge in [-0.1, -0.05) is 36.4 Å². The van der Waals surface area contributed by atoms with Gasteiger partial charge in [0.25, 0.3) is 0 Å². The summed E-state index contributed by atoms with van der Waals surface area (Å²) in [5.41, 5.74) is 12.4. The molecule has 0 aliphatic carbocycles. The van der Waals surface area contributed by atoms with E-state index in [1.54, 1.807) is 0 Å². The predicted molar refractivity (Wildman–Crippen MR) is 264 cm³/mol. The van der Waals surface area contributed by atoms with Gasteiger partial charge in [0, 0.05) is 0 Å². The average molecular weight is 864 g/mol. The third-order valence-corrected chi connectivity index (χ3v) is 23.1. The zero-order valence-electron chi connectivity index (χ0n) is 34.2. The van der Waals surface area contributed by atoms with Crippen molar-refractivity contribution in [1.29, 1.82) is 0 Å². The molecule has 1 aliphatic heterocycles. The van der Waals surface area contributed by atoms with Gasteiger partial charge in [-0.05, 0) is 18.2 Å². The van der Waals surface area contributed by atoms with E-state index in [1.165, 1.54) is 55.9 Å². The fourth-order valence-corrected chi connectivity index (χ4v) is 21.1.